The van der Waals surface area contributed by atoms with E-state index < -0.39 is 0 Å². The third kappa shape index (κ3) is 4.09. The summed E-state index contributed by atoms with van der Waals surface area (Å²) < 4.78 is 0. The quantitative estimate of drug-likeness (QED) is 0.846. The lowest BCUT2D eigenvalue weighted by Gasteiger charge is -2.31. The number of nitrogens with one attached hydrogen (secondary N) is 1. The number of halogens is 2. The second-order valence-corrected chi connectivity index (χ2v) is 6.18. The molecule has 0 bridgehead atoms. The van der Waals surface area contributed by atoms with Crippen LogP contribution in [0.3, 0.4) is 0 Å². The van der Waals surface area contributed by atoms with Crippen LogP contribution in [0.15, 0.2) is 18.2 Å². The summed E-state index contributed by atoms with van der Waals surface area (Å²) in [5.74, 6) is 0. The van der Waals surface area contributed by atoms with Gasteiger partial charge in [0.2, 0.25) is 0 Å². The summed E-state index contributed by atoms with van der Waals surface area (Å²) in [4.78, 5) is 2.29. The molecule has 1 heterocycles. The summed E-state index contributed by atoms with van der Waals surface area (Å²) in [5.41, 5.74) is 1.13. The van der Waals surface area contributed by atoms with Crippen LogP contribution >= 0.6 is 23.2 Å². The molecule has 0 radical (unpaired) electrons. The molecule has 0 aromatic heterocycles. The van der Waals surface area contributed by atoms with Gasteiger partial charge in [0.15, 0.2) is 0 Å². The maximum atomic E-state index is 9.30. The molecule has 0 amide bonds. The smallest absolute Gasteiger partial charge is 0.0595 e. The van der Waals surface area contributed by atoms with E-state index >= 15 is 0 Å². The third-order valence-corrected chi connectivity index (χ3v) is 4.72. The summed E-state index contributed by atoms with van der Waals surface area (Å²) >= 11 is 12.1. The van der Waals surface area contributed by atoms with Gasteiger partial charge in [0.1, 0.15) is 0 Å². The van der Waals surface area contributed by atoms with Crippen LogP contribution in [0.4, 0.5) is 0 Å². The first-order valence-corrected chi connectivity index (χ1v) is 7.90. The Balaban J connectivity index is 2.07. The highest BCUT2D eigenvalue weighted by Crippen LogP contribution is 2.28. The molecule has 2 rings (SSSR count). The average molecular weight is 317 g/mol. The number of benzene rings is 1. The van der Waals surface area contributed by atoms with Crippen molar-refractivity contribution in [3.05, 3.63) is 33.8 Å². The highest BCUT2D eigenvalue weighted by Gasteiger charge is 2.22. The summed E-state index contributed by atoms with van der Waals surface area (Å²) in [5, 5.41) is 14.0. The minimum atomic E-state index is 0.165. The van der Waals surface area contributed by atoms with Gasteiger partial charge in [-0.05, 0) is 44.0 Å². The Bertz CT molecular complexity index is 436. The molecule has 2 atom stereocenters. The van der Waals surface area contributed by atoms with E-state index in [9.17, 15) is 5.11 Å². The van der Waals surface area contributed by atoms with Gasteiger partial charge >= 0.3 is 0 Å². The van der Waals surface area contributed by atoms with Crippen molar-refractivity contribution in [1.82, 2.24) is 10.2 Å². The lowest BCUT2D eigenvalue weighted by Crippen LogP contribution is -2.40. The number of hydrogen-bond donors (Lipinski definition) is 2. The van der Waals surface area contributed by atoms with Crippen LogP contribution in [0, 0.1) is 0 Å². The van der Waals surface area contributed by atoms with E-state index in [4.69, 9.17) is 23.2 Å². The van der Waals surface area contributed by atoms with Crippen molar-refractivity contribution in [1.29, 1.82) is 0 Å². The Morgan fingerprint density at radius 1 is 1.40 bits per heavy atom. The van der Waals surface area contributed by atoms with Crippen molar-refractivity contribution < 1.29 is 5.11 Å². The molecule has 1 aliphatic rings. The van der Waals surface area contributed by atoms with Gasteiger partial charge < -0.3 is 10.4 Å². The maximum absolute atomic E-state index is 9.30. The van der Waals surface area contributed by atoms with E-state index in [1.165, 1.54) is 12.8 Å². The topological polar surface area (TPSA) is 35.5 Å². The van der Waals surface area contributed by atoms with E-state index in [0.29, 0.717) is 22.6 Å². The lowest BCUT2D eigenvalue weighted by molar-refractivity contribution is 0.147. The molecule has 1 aromatic carbocycles. The molecule has 1 aliphatic heterocycles. The molecule has 0 aliphatic carbocycles. The molecule has 0 spiro atoms. The van der Waals surface area contributed by atoms with E-state index in [1.54, 1.807) is 0 Å². The molecule has 1 aromatic rings. The fourth-order valence-corrected chi connectivity index (χ4v) is 3.06. The molecular weight excluding hydrogens is 295 g/mol. The van der Waals surface area contributed by atoms with Crippen LogP contribution in [0.1, 0.15) is 31.4 Å². The van der Waals surface area contributed by atoms with Crippen molar-refractivity contribution in [3.63, 3.8) is 0 Å². The van der Waals surface area contributed by atoms with Gasteiger partial charge in [-0.25, -0.2) is 0 Å². The van der Waals surface area contributed by atoms with Crippen LogP contribution in [-0.4, -0.2) is 42.3 Å². The van der Waals surface area contributed by atoms with Gasteiger partial charge in [-0.3, -0.25) is 4.90 Å². The molecule has 3 nitrogen and oxygen atoms in total. The van der Waals surface area contributed by atoms with Crippen molar-refractivity contribution in [3.8, 4) is 0 Å². The minimum absolute atomic E-state index is 0.165. The predicted octanol–water partition coefficient (Wildman–Crippen LogP) is 3.10. The zero-order chi connectivity index (χ0) is 14.5. The van der Waals surface area contributed by atoms with Crippen molar-refractivity contribution in [2.45, 2.75) is 31.8 Å². The normalized spacial score (nSPS) is 20.6. The van der Waals surface area contributed by atoms with Crippen molar-refractivity contribution in [2.75, 3.05) is 26.2 Å². The number of aliphatic hydroxyl groups is 1. The molecule has 0 saturated carbocycles. The molecule has 1 saturated heterocycles. The fourth-order valence-electron chi connectivity index (χ4n) is 2.75. The fraction of sp³-hybridized carbons (Fsp3) is 0.600. The Labute approximate surface area is 130 Å². The summed E-state index contributed by atoms with van der Waals surface area (Å²) in [6.07, 6.45) is 2.44. The number of rotatable bonds is 6. The predicted molar refractivity (Wildman–Crippen MR) is 84.6 cm³/mol. The maximum Gasteiger partial charge on any atom is 0.0595 e. The largest absolute Gasteiger partial charge is 0.395 e. The number of hydrogen-bond acceptors (Lipinski definition) is 3. The van der Waals surface area contributed by atoms with E-state index in [1.807, 2.05) is 18.2 Å². The molecule has 2 unspecified atom stereocenters. The van der Waals surface area contributed by atoms with Crippen LogP contribution in [0.5, 0.6) is 0 Å². The molecule has 2 N–H and O–H groups in total. The van der Waals surface area contributed by atoms with Crippen LogP contribution in [-0.2, 0) is 0 Å². The van der Waals surface area contributed by atoms with Gasteiger partial charge in [-0.1, -0.05) is 29.3 Å². The average Bonchev–Trinajstić information content (AvgIpc) is 2.93. The zero-order valence-electron chi connectivity index (χ0n) is 11.8. The number of aliphatic hydroxyl groups excluding tert-OH is 1. The molecule has 1 fully saturated rings. The molecule has 5 heteroatoms. The highest BCUT2D eigenvalue weighted by atomic mass is 35.5. The SMILES string of the molecule is CC(c1ccc(Cl)c(Cl)c1)N(CCO)CC1CCCN1. The van der Waals surface area contributed by atoms with Crippen LogP contribution in [0.2, 0.25) is 10.0 Å². The van der Waals surface area contributed by atoms with Gasteiger partial charge in [-0.15, -0.1) is 0 Å². The third-order valence-electron chi connectivity index (χ3n) is 3.98. The standard InChI is InChI=1S/C15H22Cl2N2O/c1-11(12-4-5-14(16)15(17)9-12)19(7-8-20)10-13-3-2-6-18-13/h4-5,9,11,13,18,20H,2-3,6-8,10H2,1H3. The Morgan fingerprint density at radius 2 is 2.20 bits per heavy atom. The molecular formula is C15H22Cl2N2O. The van der Waals surface area contributed by atoms with Gasteiger partial charge in [0, 0.05) is 25.2 Å². The van der Waals surface area contributed by atoms with Crippen molar-refractivity contribution >= 4 is 23.2 Å². The highest BCUT2D eigenvalue weighted by molar-refractivity contribution is 6.42. The molecule has 112 valence electrons. The van der Waals surface area contributed by atoms with Gasteiger partial charge in [0.05, 0.1) is 16.7 Å². The summed E-state index contributed by atoms with van der Waals surface area (Å²) in [7, 11) is 0. The minimum Gasteiger partial charge on any atom is -0.395 e. The lowest BCUT2D eigenvalue weighted by atomic mass is 10.1. The Morgan fingerprint density at radius 3 is 2.80 bits per heavy atom. The van der Waals surface area contributed by atoms with Crippen LogP contribution in [0.25, 0.3) is 0 Å². The first-order valence-electron chi connectivity index (χ1n) is 7.15. The summed E-state index contributed by atoms with van der Waals surface area (Å²) in [6.45, 7) is 5.02. The van der Waals surface area contributed by atoms with E-state index in [-0.39, 0.29) is 12.6 Å². The second kappa shape index (κ2) is 7.62. The second-order valence-electron chi connectivity index (χ2n) is 5.36. The summed E-state index contributed by atoms with van der Waals surface area (Å²) in [6, 6.07) is 6.48. The van der Waals surface area contributed by atoms with Gasteiger partial charge in [0.25, 0.3) is 0 Å². The number of nitrogens with zero attached hydrogens (tertiary/aromatic N) is 1. The van der Waals surface area contributed by atoms with Crippen LogP contribution < -0.4 is 5.32 Å². The van der Waals surface area contributed by atoms with Gasteiger partial charge in [-0.2, -0.15) is 0 Å². The Kier molecular flexibility index (Phi) is 6.12. The van der Waals surface area contributed by atoms with E-state index in [2.05, 4.69) is 17.1 Å². The first-order chi connectivity index (χ1) is 9.61. The monoisotopic (exact) mass is 316 g/mol. The zero-order valence-corrected chi connectivity index (χ0v) is 13.3. The van der Waals surface area contributed by atoms with Crippen molar-refractivity contribution in [2.24, 2.45) is 0 Å². The first kappa shape index (κ1) is 16.1. The molecule has 20 heavy (non-hydrogen) atoms. The Hall–Kier alpha value is -0.320. The van der Waals surface area contributed by atoms with E-state index in [0.717, 1.165) is 18.7 Å².